The summed E-state index contributed by atoms with van der Waals surface area (Å²) in [5, 5.41) is 8.05. The number of hydrogen-bond acceptors (Lipinski definition) is 4. The van der Waals surface area contributed by atoms with E-state index in [9.17, 15) is 4.79 Å². The maximum Gasteiger partial charge on any atom is 0.226 e. The van der Waals surface area contributed by atoms with Gasteiger partial charge in [-0.1, -0.05) is 42.5 Å². The molecule has 2 heterocycles. The molecule has 0 saturated carbocycles. The monoisotopic (exact) mass is 409 g/mol. The van der Waals surface area contributed by atoms with Gasteiger partial charge in [0.15, 0.2) is 11.5 Å². The number of benzene rings is 2. The van der Waals surface area contributed by atoms with Crippen molar-refractivity contribution in [3.63, 3.8) is 0 Å². The van der Waals surface area contributed by atoms with E-state index in [1.807, 2.05) is 30.3 Å². The van der Waals surface area contributed by atoms with Gasteiger partial charge in [0.25, 0.3) is 0 Å². The first-order chi connectivity index (χ1) is 14.1. The topological polar surface area (TPSA) is 65.4 Å². The summed E-state index contributed by atoms with van der Waals surface area (Å²) >= 11 is 6.13. The summed E-state index contributed by atoms with van der Waals surface area (Å²) in [6.45, 7) is 4.05. The van der Waals surface area contributed by atoms with Crippen LogP contribution in [-0.4, -0.2) is 29.4 Å². The lowest BCUT2D eigenvalue weighted by molar-refractivity contribution is -0.116. The van der Waals surface area contributed by atoms with Gasteiger partial charge in [-0.15, -0.1) is 0 Å². The van der Waals surface area contributed by atoms with Crippen LogP contribution in [0.2, 0.25) is 5.02 Å². The minimum Gasteiger partial charge on any atom is -0.493 e. The molecule has 2 aromatic carbocycles. The van der Waals surface area contributed by atoms with Crippen molar-refractivity contribution in [2.75, 3.05) is 19.0 Å². The van der Waals surface area contributed by atoms with Crippen LogP contribution in [0.5, 0.6) is 11.5 Å². The lowest BCUT2D eigenvalue weighted by atomic mass is 9.86. The fraction of sp³-hybridized carbons (Fsp3) is 0.182. The molecule has 1 amide bonds. The van der Waals surface area contributed by atoms with Gasteiger partial charge in [-0.05, 0) is 24.3 Å². The van der Waals surface area contributed by atoms with Crippen LogP contribution in [0.3, 0.4) is 0 Å². The maximum atomic E-state index is 12.6. The number of ether oxygens (including phenoxy) is 2. The zero-order valence-corrected chi connectivity index (χ0v) is 16.6. The molecule has 148 valence electrons. The number of aromatic nitrogens is 2. The van der Waals surface area contributed by atoms with E-state index in [-0.39, 0.29) is 18.2 Å². The number of anilines is 1. The Morgan fingerprint density at radius 3 is 2.90 bits per heavy atom. The van der Waals surface area contributed by atoms with Crippen molar-refractivity contribution in [1.29, 1.82) is 0 Å². The Morgan fingerprint density at radius 2 is 2.14 bits per heavy atom. The maximum absolute atomic E-state index is 12.6. The van der Waals surface area contributed by atoms with Crippen LogP contribution in [-0.2, 0) is 4.79 Å². The quantitative estimate of drug-likeness (QED) is 0.605. The van der Waals surface area contributed by atoms with Gasteiger partial charge in [-0.2, -0.15) is 5.10 Å². The number of carbonyl (C=O) groups excluding carboxylic acids is 1. The molecule has 6 nitrogen and oxygen atoms in total. The van der Waals surface area contributed by atoms with Gasteiger partial charge in [0, 0.05) is 28.5 Å². The molecule has 0 bridgehead atoms. The minimum absolute atomic E-state index is 0.0937. The van der Waals surface area contributed by atoms with Crippen molar-refractivity contribution in [3.8, 4) is 17.2 Å². The predicted octanol–water partition coefficient (Wildman–Crippen LogP) is 4.57. The van der Waals surface area contributed by atoms with Crippen LogP contribution in [0.25, 0.3) is 5.69 Å². The van der Waals surface area contributed by atoms with E-state index in [1.54, 1.807) is 36.2 Å². The smallest absolute Gasteiger partial charge is 0.226 e. The van der Waals surface area contributed by atoms with E-state index in [0.29, 0.717) is 28.9 Å². The number of fused-ring (bicyclic) bond motifs is 1. The van der Waals surface area contributed by atoms with Gasteiger partial charge < -0.3 is 14.8 Å². The molecular weight excluding hydrogens is 390 g/mol. The first-order valence-corrected chi connectivity index (χ1v) is 9.54. The molecule has 29 heavy (non-hydrogen) atoms. The molecule has 1 atom stereocenters. The zero-order chi connectivity index (χ0) is 20.4. The molecule has 0 unspecified atom stereocenters. The Balaban J connectivity index is 1.83. The highest BCUT2D eigenvalue weighted by Gasteiger charge is 2.33. The fourth-order valence-electron chi connectivity index (χ4n) is 3.57. The highest BCUT2D eigenvalue weighted by atomic mass is 35.5. The Kier molecular flexibility index (Phi) is 5.27. The van der Waals surface area contributed by atoms with Crippen molar-refractivity contribution in [2.24, 2.45) is 0 Å². The summed E-state index contributed by atoms with van der Waals surface area (Å²) in [6, 6.07) is 13.0. The number of methoxy groups -OCH3 is 1. The van der Waals surface area contributed by atoms with Crippen LogP contribution in [0.15, 0.2) is 61.3 Å². The van der Waals surface area contributed by atoms with Crippen LogP contribution >= 0.6 is 11.6 Å². The Hall–Kier alpha value is -3.25. The van der Waals surface area contributed by atoms with Gasteiger partial charge in [-0.25, -0.2) is 4.68 Å². The van der Waals surface area contributed by atoms with Crippen molar-refractivity contribution in [3.05, 3.63) is 77.5 Å². The first-order valence-electron chi connectivity index (χ1n) is 9.16. The predicted molar refractivity (Wildman–Crippen MR) is 112 cm³/mol. The van der Waals surface area contributed by atoms with E-state index in [1.165, 1.54) is 0 Å². The molecule has 0 aliphatic carbocycles. The van der Waals surface area contributed by atoms with E-state index >= 15 is 0 Å². The molecule has 0 spiro atoms. The number of amides is 1. The molecule has 1 N–H and O–H groups in total. The lowest BCUT2D eigenvalue weighted by Crippen LogP contribution is -2.25. The highest BCUT2D eigenvalue weighted by molar-refractivity contribution is 6.30. The second kappa shape index (κ2) is 8.01. The number of halogens is 1. The standard InChI is InChI=1S/C22H20ClN3O3/c1-3-10-29-21-16(8-5-9-19(21)28-2)17-12-20(27)25-22-18(17)13-24-26(22)15-7-4-6-14(23)11-15/h3-9,11,13,17H,1,10,12H2,2H3,(H,25,27)/t17-/m0/s1. The second-order valence-electron chi connectivity index (χ2n) is 6.62. The number of rotatable bonds is 6. The van der Waals surface area contributed by atoms with Crippen LogP contribution < -0.4 is 14.8 Å². The summed E-state index contributed by atoms with van der Waals surface area (Å²) in [7, 11) is 1.59. The number of carbonyl (C=O) groups is 1. The van der Waals surface area contributed by atoms with Gasteiger partial charge in [0.05, 0.1) is 19.0 Å². The van der Waals surface area contributed by atoms with Crippen molar-refractivity contribution in [2.45, 2.75) is 12.3 Å². The average molecular weight is 410 g/mol. The summed E-state index contributed by atoms with van der Waals surface area (Å²) in [6.07, 6.45) is 3.73. The number of nitrogens with one attached hydrogen (secondary N) is 1. The van der Waals surface area contributed by atoms with Crippen LogP contribution in [0.1, 0.15) is 23.5 Å². The third-order valence-electron chi connectivity index (χ3n) is 4.82. The Labute approximate surface area is 173 Å². The van der Waals surface area contributed by atoms with Gasteiger partial charge in [0.1, 0.15) is 12.4 Å². The summed E-state index contributed by atoms with van der Waals surface area (Å²) in [5.74, 6) is 1.53. The molecule has 1 aromatic heterocycles. The van der Waals surface area contributed by atoms with Crippen molar-refractivity contribution in [1.82, 2.24) is 9.78 Å². The summed E-state index contributed by atoms with van der Waals surface area (Å²) < 4.78 is 13.1. The van der Waals surface area contributed by atoms with Crippen LogP contribution in [0.4, 0.5) is 5.82 Å². The van der Waals surface area contributed by atoms with E-state index in [0.717, 1.165) is 16.8 Å². The lowest BCUT2D eigenvalue weighted by Gasteiger charge is -2.26. The third kappa shape index (κ3) is 3.59. The first kappa shape index (κ1) is 19.1. The molecule has 1 aliphatic heterocycles. The molecular formula is C22H20ClN3O3. The van der Waals surface area contributed by atoms with Gasteiger partial charge in [-0.3, -0.25) is 4.79 Å². The van der Waals surface area contributed by atoms with Gasteiger partial charge >= 0.3 is 0 Å². The number of para-hydroxylation sites is 1. The summed E-state index contributed by atoms with van der Waals surface area (Å²) in [5.41, 5.74) is 2.54. The van der Waals surface area contributed by atoms with Crippen LogP contribution in [0, 0.1) is 0 Å². The minimum atomic E-state index is -0.221. The van der Waals surface area contributed by atoms with Gasteiger partial charge in [0.2, 0.25) is 5.91 Å². The Bertz CT molecular complexity index is 1080. The molecule has 0 saturated heterocycles. The molecule has 0 fully saturated rings. The summed E-state index contributed by atoms with van der Waals surface area (Å²) in [4.78, 5) is 12.6. The zero-order valence-electron chi connectivity index (χ0n) is 15.9. The number of hydrogen-bond donors (Lipinski definition) is 1. The van der Waals surface area contributed by atoms with E-state index in [4.69, 9.17) is 21.1 Å². The normalized spacial score (nSPS) is 15.4. The highest BCUT2D eigenvalue weighted by Crippen LogP contribution is 2.44. The molecule has 3 aromatic rings. The van der Waals surface area contributed by atoms with E-state index in [2.05, 4.69) is 17.0 Å². The van der Waals surface area contributed by atoms with Crippen molar-refractivity contribution >= 4 is 23.3 Å². The largest absolute Gasteiger partial charge is 0.493 e. The third-order valence-corrected chi connectivity index (χ3v) is 5.06. The Morgan fingerprint density at radius 1 is 1.31 bits per heavy atom. The second-order valence-corrected chi connectivity index (χ2v) is 7.06. The molecule has 0 radical (unpaired) electrons. The fourth-order valence-corrected chi connectivity index (χ4v) is 3.75. The molecule has 4 rings (SSSR count). The molecule has 7 heteroatoms. The number of nitrogens with zero attached hydrogens (tertiary/aromatic N) is 2. The average Bonchev–Trinajstić information content (AvgIpc) is 3.15. The van der Waals surface area contributed by atoms with Crippen molar-refractivity contribution < 1.29 is 14.3 Å². The SMILES string of the molecule is C=CCOc1c(OC)cccc1[C@@H]1CC(=O)Nc2c1cnn2-c1cccc(Cl)c1. The molecule has 1 aliphatic rings. The van der Waals surface area contributed by atoms with E-state index < -0.39 is 0 Å².